The normalized spacial score (nSPS) is 8.68. The van der Waals surface area contributed by atoms with Gasteiger partial charge in [-0.25, -0.2) is 26.3 Å². The van der Waals surface area contributed by atoms with E-state index in [1.807, 2.05) is 0 Å². The predicted octanol–water partition coefficient (Wildman–Crippen LogP) is -3.38. The zero-order chi connectivity index (χ0) is 15.5. The Labute approximate surface area is 121 Å². The van der Waals surface area contributed by atoms with Crippen LogP contribution in [0.4, 0.5) is 26.3 Å². The van der Waals surface area contributed by atoms with Gasteiger partial charge >= 0.3 is 27.3 Å². The molecule has 0 aliphatic carbocycles. The molecule has 0 N–H and O–H groups in total. The summed E-state index contributed by atoms with van der Waals surface area (Å²) < 4.78 is 63.0. The number of carbonyl (C=O) groups is 3. The van der Waals surface area contributed by atoms with E-state index in [0.29, 0.717) is 0 Å². The number of carboxylic acids is 3. The molecule has 6 nitrogen and oxygen atoms in total. The fourth-order valence-corrected chi connectivity index (χ4v) is 0. The van der Waals surface area contributed by atoms with Gasteiger partial charge in [-0.05, 0) is 0 Å². The second kappa shape index (κ2) is 15.0. The second-order valence-electron chi connectivity index (χ2n) is 1.86. The minimum atomic E-state index is -3.34. The van der Waals surface area contributed by atoms with E-state index in [1.54, 1.807) is 0 Å². The summed E-state index contributed by atoms with van der Waals surface area (Å²) in [5.41, 5.74) is 0. The van der Waals surface area contributed by atoms with Crippen LogP contribution < -0.4 is 15.3 Å². The van der Waals surface area contributed by atoms with Crippen molar-refractivity contribution < 1.29 is 56.0 Å². The molecule has 0 fully saturated rings. The maximum Gasteiger partial charge on any atom is 3.00 e. The van der Waals surface area contributed by atoms with Crippen molar-refractivity contribution in [3.8, 4) is 0 Å². The molecule has 0 heterocycles. The third-order valence-electron chi connectivity index (χ3n) is 0.535. The van der Waals surface area contributed by atoms with Gasteiger partial charge < -0.3 is 29.7 Å². The van der Waals surface area contributed by atoms with Crippen LogP contribution in [0.3, 0.4) is 0 Å². The van der Waals surface area contributed by atoms with Crippen LogP contribution in [0.2, 0.25) is 0 Å². The van der Waals surface area contributed by atoms with Crippen LogP contribution in [0.15, 0.2) is 0 Å². The van der Waals surface area contributed by atoms with Gasteiger partial charge in [0.1, 0.15) is 17.9 Å². The number of carbonyl (C=O) groups excluding carboxylic acids is 3. The fraction of sp³-hybridized carbons (Fsp3) is 0.500. The molecule has 0 aromatic carbocycles. The van der Waals surface area contributed by atoms with Gasteiger partial charge in [0, 0.05) is 0 Å². The number of alkyl halides is 6. The number of hydrogen-bond donors (Lipinski definition) is 0. The van der Waals surface area contributed by atoms with E-state index < -0.39 is 37.2 Å². The average molecular weight is 489 g/mol. The number of halogens is 6. The Morgan fingerprint density at radius 2 is 0.632 bits per heavy atom. The summed E-state index contributed by atoms with van der Waals surface area (Å²) in [5.74, 6) is -6.97. The molecule has 0 amide bonds. The zero-order valence-corrected chi connectivity index (χ0v) is 13.0. The average Bonchev–Trinajstić information content (AvgIpc) is 2.18. The van der Waals surface area contributed by atoms with Crippen molar-refractivity contribution in [1.29, 1.82) is 0 Å². The molecule has 108 valence electrons. The maximum atomic E-state index is 10.5. The van der Waals surface area contributed by atoms with Crippen LogP contribution in [-0.2, 0) is 14.4 Å². The van der Waals surface area contributed by atoms with E-state index in [-0.39, 0.29) is 27.3 Å². The van der Waals surface area contributed by atoms with Crippen LogP contribution >= 0.6 is 0 Å². The standard InChI is InChI=1S/3C2H2F2O2.Tl/c3*3-1(4)2(5)6;/h3*1H,(H,5,6);/q;;;+3/p-3. The van der Waals surface area contributed by atoms with Gasteiger partial charge in [-0.2, -0.15) is 0 Å². The van der Waals surface area contributed by atoms with Gasteiger partial charge in [0.2, 0.25) is 0 Å². The Morgan fingerprint density at radius 1 is 0.579 bits per heavy atom. The number of aliphatic carboxylic acids is 3. The molecule has 0 aromatic rings. The van der Waals surface area contributed by atoms with Gasteiger partial charge in [0.25, 0.3) is 19.3 Å². The van der Waals surface area contributed by atoms with Crippen LogP contribution in [0.1, 0.15) is 0 Å². The van der Waals surface area contributed by atoms with Crippen molar-refractivity contribution in [1.82, 2.24) is 0 Å². The van der Waals surface area contributed by atoms with Gasteiger partial charge in [0.05, 0.1) is 0 Å². The first-order valence-electron chi connectivity index (χ1n) is 3.40. The van der Waals surface area contributed by atoms with Crippen molar-refractivity contribution in [2.24, 2.45) is 0 Å². The maximum absolute atomic E-state index is 10.5. The van der Waals surface area contributed by atoms with Crippen LogP contribution in [0.25, 0.3) is 0 Å². The molecule has 0 radical (unpaired) electrons. The van der Waals surface area contributed by atoms with Crippen molar-refractivity contribution in [2.75, 3.05) is 0 Å². The molecular weight excluding hydrogens is 486 g/mol. The van der Waals surface area contributed by atoms with Gasteiger partial charge in [0.15, 0.2) is 0 Å². The summed E-state index contributed by atoms with van der Waals surface area (Å²) in [6.45, 7) is 0. The van der Waals surface area contributed by atoms with E-state index in [2.05, 4.69) is 0 Å². The number of hydrogen-bond acceptors (Lipinski definition) is 6. The minimum absolute atomic E-state index is 0. The Balaban J connectivity index is -0.0000000865. The van der Waals surface area contributed by atoms with Gasteiger partial charge in [-0.3, -0.25) is 0 Å². The molecule has 0 unspecified atom stereocenters. The Morgan fingerprint density at radius 3 is 0.632 bits per heavy atom. The summed E-state index contributed by atoms with van der Waals surface area (Å²) in [7, 11) is 0. The molecule has 13 heteroatoms. The smallest absolute Gasteiger partial charge is 0.544 e. The fourth-order valence-electron chi connectivity index (χ4n) is 0. The molecule has 19 heavy (non-hydrogen) atoms. The first-order valence-corrected chi connectivity index (χ1v) is 3.40. The van der Waals surface area contributed by atoms with Crippen molar-refractivity contribution in [2.45, 2.75) is 19.3 Å². The number of carboxylic acid groups (broad SMARTS) is 3. The summed E-state index contributed by atoms with van der Waals surface area (Å²) in [6.07, 6.45) is -10.0. The molecular formula is C6H3F6O6Tl. The molecule has 0 aliphatic heterocycles. The number of rotatable bonds is 3. The van der Waals surface area contributed by atoms with Crippen molar-refractivity contribution >= 4 is 45.2 Å². The molecule has 0 bridgehead atoms. The van der Waals surface area contributed by atoms with Crippen molar-refractivity contribution in [3.63, 3.8) is 0 Å². The second-order valence-corrected chi connectivity index (χ2v) is 1.86. The summed E-state index contributed by atoms with van der Waals surface area (Å²) in [5, 5.41) is 26.5. The molecule has 0 rings (SSSR count). The van der Waals surface area contributed by atoms with Crippen LogP contribution in [0.5, 0.6) is 0 Å². The zero-order valence-electron chi connectivity index (χ0n) is 8.53. The molecule has 0 aromatic heterocycles. The van der Waals surface area contributed by atoms with Crippen LogP contribution in [-0.4, -0.2) is 64.5 Å². The first kappa shape index (κ1) is 26.5. The minimum Gasteiger partial charge on any atom is -0.544 e. The van der Waals surface area contributed by atoms with E-state index in [1.165, 1.54) is 0 Å². The van der Waals surface area contributed by atoms with Crippen molar-refractivity contribution in [3.05, 3.63) is 0 Å². The van der Waals surface area contributed by atoms with E-state index in [0.717, 1.165) is 0 Å². The van der Waals surface area contributed by atoms with E-state index in [4.69, 9.17) is 29.7 Å². The Bertz CT molecular complexity index is 230. The summed E-state index contributed by atoms with van der Waals surface area (Å²) in [4.78, 5) is 26.5. The monoisotopic (exact) mass is 490 g/mol. The molecule has 0 spiro atoms. The van der Waals surface area contributed by atoms with Crippen LogP contribution in [0, 0.1) is 0 Å². The summed E-state index contributed by atoms with van der Waals surface area (Å²) >= 11 is 0. The predicted molar refractivity (Wildman–Crippen MR) is 38.8 cm³/mol. The Hall–Kier alpha value is -1.09. The molecule has 0 saturated carbocycles. The topological polar surface area (TPSA) is 120 Å². The third-order valence-corrected chi connectivity index (χ3v) is 0.535. The molecule has 0 atom stereocenters. The third kappa shape index (κ3) is 31.6. The molecule has 0 saturated heterocycles. The van der Waals surface area contributed by atoms with Gasteiger partial charge in [-0.1, -0.05) is 0 Å². The first-order chi connectivity index (χ1) is 7.93. The van der Waals surface area contributed by atoms with E-state index >= 15 is 0 Å². The van der Waals surface area contributed by atoms with E-state index in [9.17, 15) is 26.3 Å². The Kier molecular flexibility index (Phi) is 20.9. The molecule has 0 aliphatic rings. The summed E-state index contributed by atoms with van der Waals surface area (Å²) in [6, 6.07) is 0. The SMILES string of the molecule is O=C([O-])C(F)F.O=C([O-])C(F)F.O=C([O-])C(F)F.[Tl+3]. The quantitative estimate of drug-likeness (QED) is 0.302. The largest absolute Gasteiger partial charge is 3.00 e. The van der Waals surface area contributed by atoms with Gasteiger partial charge in [-0.15, -0.1) is 0 Å².